The number of nitrogen functional groups attached to an aromatic ring is 1. The average molecular weight is 541 g/mol. The first-order chi connectivity index (χ1) is 18.9. The molecule has 0 aliphatic heterocycles. The Balaban J connectivity index is 1.48. The van der Waals surface area contributed by atoms with Gasteiger partial charge in [-0.25, -0.2) is 9.69 Å². The fourth-order valence-electron chi connectivity index (χ4n) is 4.75. The largest absolute Gasteiger partial charge is 0.399 e. The van der Waals surface area contributed by atoms with Crippen molar-refractivity contribution in [2.75, 3.05) is 10.7 Å². The molecule has 39 heavy (non-hydrogen) atoms. The maximum Gasteiger partial charge on any atom is 0.267 e. The average Bonchev–Trinajstić information content (AvgIpc) is 3.51. The van der Waals surface area contributed by atoms with E-state index in [0.717, 1.165) is 10.9 Å². The lowest BCUT2D eigenvalue weighted by Gasteiger charge is -2.31. The van der Waals surface area contributed by atoms with Crippen molar-refractivity contribution in [3.05, 3.63) is 101 Å². The quantitative estimate of drug-likeness (QED) is 0.284. The molecule has 2 heterocycles. The zero-order valence-electron chi connectivity index (χ0n) is 21.1. The molecule has 0 saturated heterocycles. The number of nitrogens with one attached hydrogen (secondary N) is 1. The highest BCUT2D eigenvalue weighted by Crippen LogP contribution is 2.41. The van der Waals surface area contributed by atoms with Gasteiger partial charge in [0.15, 0.2) is 0 Å². The van der Waals surface area contributed by atoms with E-state index < -0.39 is 5.54 Å². The van der Waals surface area contributed by atoms with E-state index in [1.54, 1.807) is 40.9 Å². The van der Waals surface area contributed by atoms with Crippen molar-refractivity contribution in [2.24, 2.45) is 0 Å². The minimum Gasteiger partial charge on any atom is -0.399 e. The van der Waals surface area contributed by atoms with E-state index in [9.17, 15) is 9.59 Å². The Morgan fingerprint density at radius 2 is 1.82 bits per heavy atom. The van der Waals surface area contributed by atoms with Crippen LogP contribution in [0.5, 0.6) is 0 Å². The maximum atomic E-state index is 14.5. The summed E-state index contributed by atoms with van der Waals surface area (Å²) in [5.74, 6) is -0.0141. The van der Waals surface area contributed by atoms with Gasteiger partial charge in [0.25, 0.3) is 11.8 Å². The Morgan fingerprint density at radius 3 is 2.51 bits per heavy atom. The molecule has 10 heteroatoms. The summed E-state index contributed by atoms with van der Waals surface area (Å²) in [4.78, 5) is 32.1. The van der Waals surface area contributed by atoms with Gasteiger partial charge in [-0.1, -0.05) is 71.4 Å². The summed E-state index contributed by atoms with van der Waals surface area (Å²) >= 11 is 6.90. The standard InChI is InChI=1S/C29H25ClN6O3/c1-18-32-26(34-39-18)25-24(30)22-12-5-6-13-23(22)36(25)35(17-19-8-3-2-4-9-19)28(38)29(14-15-29)33-27(37)20-10-7-11-21(31)16-20/h2-13,16H,14-15,17,31H2,1H3,(H,33,37). The van der Waals surface area contributed by atoms with Crippen molar-refractivity contribution >= 4 is 40.0 Å². The van der Waals surface area contributed by atoms with E-state index in [1.165, 1.54) is 0 Å². The van der Waals surface area contributed by atoms with Crippen molar-refractivity contribution in [1.29, 1.82) is 0 Å². The molecule has 1 saturated carbocycles. The normalized spacial score (nSPS) is 13.8. The maximum absolute atomic E-state index is 14.5. The highest BCUT2D eigenvalue weighted by Gasteiger charge is 2.54. The number of hydrogen-bond acceptors (Lipinski definition) is 6. The first kappa shape index (κ1) is 24.7. The molecule has 3 N–H and O–H groups in total. The minimum atomic E-state index is -1.08. The first-order valence-electron chi connectivity index (χ1n) is 12.5. The Labute approximate surface area is 229 Å². The van der Waals surface area contributed by atoms with Gasteiger partial charge < -0.3 is 15.6 Å². The molecule has 0 spiro atoms. The summed E-state index contributed by atoms with van der Waals surface area (Å²) in [6.07, 6.45) is 0.990. The summed E-state index contributed by atoms with van der Waals surface area (Å²) in [6.45, 7) is 1.91. The Bertz CT molecular complexity index is 1710. The van der Waals surface area contributed by atoms with Crippen LogP contribution in [0.2, 0.25) is 5.02 Å². The number of carbonyl (C=O) groups is 2. The summed E-state index contributed by atoms with van der Waals surface area (Å²) in [5.41, 5.74) is 7.68. The van der Waals surface area contributed by atoms with Gasteiger partial charge >= 0.3 is 0 Å². The lowest BCUT2D eigenvalue weighted by molar-refractivity contribution is -0.123. The molecule has 1 fully saturated rings. The second-order valence-electron chi connectivity index (χ2n) is 9.64. The van der Waals surface area contributed by atoms with Crippen molar-refractivity contribution in [1.82, 2.24) is 20.1 Å². The third-order valence-electron chi connectivity index (χ3n) is 6.84. The van der Waals surface area contributed by atoms with Gasteiger partial charge in [-0.3, -0.25) is 9.59 Å². The van der Waals surface area contributed by atoms with E-state index in [1.807, 2.05) is 54.6 Å². The van der Waals surface area contributed by atoms with E-state index in [4.69, 9.17) is 21.9 Å². The number of halogens is 1. The van der Waals surface area contributed by atoms with Crippen molar-refractivity contribution in [3.63, 3.8) is 0 Å². The van der Waals surface area contributed by atoms with Crippen LogP contribution in [-0.4, -0.2) is 32.2 Å². The zero-order chi connectivity index (χ0) is 27.1. The number of nitrogens with two attached hydrogens (primary N) is 1. The Hall–Kier alpha value is -4.63. The number of hydrogen-bond donors (Lipinski definition) is 2. The number of fused-ring (bicyclic) bond motifs is 1. The van der Waals surface area contributed by atoms with Gasteiger partial charge in [-0.05, 0) is 42.7 Å². The molecule has 0 atom stereocenters. The van der Waals surface area contributed by atoms with Gasteiger partial charge in [-0.15, -0.1) is 0 Å². The van der Waals surface area contributed by atoms with Crippen LogP contribution in [0, 0.1) is 6.92 Å². The lowest BCUT2D eigenvalue weighted by Crippen LogP contribution is -2.54. The zero-order valence-corrected chi connectivity index (χ0v) is 21.9. The second kappa shape index (κ2) is 9.59. The minimum absolute atomic E-state index is 0.217. The molecule has 2 aromatic heterocycles. The number of carbonyl (C=O) groups excluding carboxylic acids is 2. The van der Waals surface area contributed by atoms with E-state index >= 15 is 0 Å². The molecular formula is C29H25ClN6O3. The molecule has 0 radical (unpaired) electrons. The smallest absolute Gasteiger partial charge is 0.267 e. The number of aryl methyl sites for hydroxylation is 1. The highest BCUT2D eigenvalue weighted by atomic mass is 35.5. The Kier molecular flexibility index (Phi) is 6.07. The van der Waals surface area contributed by atoms with Crippen LogP contribution in [0.15, 0.2) is 83.4 Å². The number of aromatic nitrogens is 3. The van der Waals surface area contributed by atoms with Crippen molar-refractivity contribution in [3.8, 4) is 11.5 Å². The van der Waals surface area contributed by atoms with Gasteiger partial charge in [0.2, 0.25) is 11.7 Å². The molecule has 9 nitrogen and oxygen atoms in total. The number of rotatable bonds is 7. The van der Waals surface area contributed by atoms with Crippen LogP contribution in [0.3, 0.4) is 0 Å². The second-order valence-corrected chi connectivity index (χ2v) is 10.0. The van der Waals surface area contributed by atoms with Gasteiger partial charge in [0, 0.05) is 23.6 Å². The topological polar surface area (TPSA) is 119 Å². The number of anilines is 1. The molecule has 6 rings (SSSR count). The third-order valence-corrected chi connectivity index (χ3v) is 7.22. The SMILES string of the molecule is Cc1nc(-c2c(Cl)c3ccccc3n2N(Cc2ccccc2)C(=O)C2(NC(=O)c3cccc(N)c3)CC2)no1. The van der Waals surface area contributed by atoms with Crippen molar-refractivity contribution in [2.45, 2.75) is 31.8 Å². The molecule has 0 bridgehead atoms. The highest BCUT2D eigenvalue weighted by molar-refractivity contribution is 6.38. The van der Waals surface area contributed by atoms with Crippen LogP contribution in [0.1, 0.15) is 34.7 Å². The number of benzene rings is 3. The summed E-state index contributed by atoms with van der Waals surface area (Å²) in [5, 5.41) is 9.83. The monoisotopic (exact) mass is 540 g/mol. The predicted octanol–water partition coefficient (Wildman–Crippen LogP) is 4.86. The molecule has 2 amide bonds. The number of amides is 2. The van der Waals surface area contributed by atoms with Crippen LogP contribution in [0.25, 0.3) is 22.4 Å². The molecule has 1 aliphatic rings. The van der Waals surface area contributed by atoms with Crippen LogP contribution in [-0.2, 0) is 11.3 Å². The molecule has 196 valence electrons. The van der Waals surface area contributed by atoms with Crippen LogP contribution < -0.4 is 16.1 Å². The third kappa shape index (κ3) is 4.51. The first-order valence-corrected chi connectivity index (χ1v) is 12.9. The predicted molar refractivity (Wildman–Crippen MR) is 149 cm³/mol. The summed E-state index contributed by atoms with van der Waals surface area (Å²) < 4.78 is 7.01. The van der Waals surface area contributed by atoms with E-state index in [0.29, 0.717) is 46.2 Å². The molecule has 0 unspecified atom stereocenters. The number of nitrogens with zero attached hydrogens (tertiary/aromatic N) is 4. The molecule has 1 aliphatic carbocycles. The fourth-order valence-corrected chi connectivity index (χ4v) is 5.07. The van der Waals surface area contributed by atoms with E-state index in [2.05, 4.69) is 15.5 Å². The van der Waals surface area contributed by atoms with Crippen LogP contribution >= 0.6 is 11.6 Å². The van der Waals surface area contributed by atoms with Crippen LogP contribution in [0.4, 0.5) is 5.69 Å². The lowest BCUT2D eigenvalue weighted by atomic mass is 10.1. The van der Waals surface area contributed by atoms with Gasteiger partial charge in [0.1, 0.15) is 11.2 Å². The van der Waals surface area contributed by atoms with Crippen molar-refractivity contribution < 1.29 is 14.1 Å². The summed E-state index contributed by atoms with van der Waals surface area (Å²) in [7, 11) is 0. The molecular weight excluding hydrogens is 516 g/mol. The summed E-state index contributed by atoms with van der Waals surface area (Å²) in [6, 6.07) is 23.8. The number of para-hydroxylation sites is 1. The van der Waals surface area contributed by atoms with E-state index in [-0.39, 0.29) is 24.2 Å². The molecule has 5 aromatic rings. The fraction of sp³-hybridized carbons (Fsp3) is 0.172. The Morgan fingerprint density at radius 1 is 1.08 bits per heavy atom. The van der Waals surface area contributed by atoms with Gasteiger partial charge in [-0.2, -0.15) is 4.98 Å². The molecule has 3 aromatic carbocycles. The van der Waals surface area contributed by atoms with Gasteiger partial charge in [0.05, 0.1) is 17.1 Å².